The summed E-state index contributed by atoms with van der Waals surface area (Å²) >= 11 is 1.05. The zero-order chi connectivity index (χ0) is 12.1. The van der Waals surface area contributed by atoms with Crippen LogP contribution in [0.5, 0.6) is 0 Å². The molecule has 0 spiro atoms. The Morgan fingerprint density at radius 2 is 2.38 bits per heavy atom. The van der Waals surface area contributed by atoms with E-state index in [0.29, 0.717) is 6.42 Å². The van der Waals surface area contributed by atoms with Crippen LogP contribution >= 0.6 is 11.8 Å². The minimum atomic E-state index is -1.10. The smallest absolute Gasteiger partial charge is 0.335 e. The van der Waals surface area contributed by atoms with E-state index in [4.69, 9.17) is 10.4 Å². The molecule has 0 fully saturated rings. The fraction of sp³-hybridized carbons (Fsp3) is 0.273. The first-order valence-corrected chi connectivity index (χ1v) is 5.55. The zero-order valence-electron chi connectivity index (χ0n) is 8.61. The number of carbonyl (C=O) groups is 1. The molecule has 1 rings (SSSR count). The normalized spacial score (nSPS) is 11.8. The van der Waals surface area contributed by atoms with Crippen LogP contribution in [0.1, 0.15) is 23.7 Å². The largest absolute Gasteiger partial charge is 0.478 e. The van der Waals surface area contributed by atoms with Gasteiger partial charge in [-0.2, -0.15) is 5.26 Å². The third-order valence-corrected chi connectivity index (χ3v) is 3.25. The molecule has 1 N–H and O–H groups in total. The molecule has 0 heterocycles. The van der Waals surface area contributed by atoms with Crippen molar-refractivity contribution in [3.63, 3.8) is 0 Å². The van der Waals surface area contributed by atoms with Crippen LogP contribution < -0.4 is 0 Å². The van der Waals surface area contributed by atoms with Gasteiger partial charge in [0.15, 0.2) is 0 Å². The Hall–Kier alpha value is -1.54. The molecule has 0 aliphatic rings. The van der Waals surface area contributed by atoms with Crippen LogP contribution in [0, 0.1) is 17.1 Å². The number of nitriles is 1. The Balaban J connectivity index is 2.99. The van der Waals surface area contributed by atoms with Crippen molar-refractivity contribution in [1.82, 2.24) is 0 Å². The van der Waals surface area contributed by atoms with E-state index in [1.54, 1.807) is 0 Å². The molecule has 1 unspecified atom stereocenters. The molecule has 0 bridgehead atoms. The first kappa shape index (κ1) is 12.5. The van der Waals surface area contributed by atoms with Crippen molar-refractivity contribution in [2.75, 3.05) is 0 Å². The van der Waals surface area contributed by atoms with E-state index in [-0.39, 0.29) is 15.7 Å². The monoisotopic (exact) mass is 239 g/mol. The number of nitrogens with zero attached hydrogens (tertiary/aromatic N) is 1. The van der Waals surface area contributed by atoms with Crippen molar-refractivity contribution in [1.29, 1.82) is 5.26 Å². The summed E-state index contributed by atoms with van der Waals surface area (Å²) in [5.74, 6) is -1.60. The molecule has 5 heteroatoms. The molecular weight excluding hydrogens is 229 g/mol. The Morgan fingerprint density at radius 3 is 2.88 bits per heavy atom. The van der Waals surface area contributed by atoms with Crippen LogP contribution in [0.3, 0.4) is 0 Å². The topological polar surface area (TPSA) is 61.1 Å². The Kier molecular flexibility index (Phi) is 4.32. The van der Waals surface area contributed by atoms with E-state index in [2.05, 4.69) is 0 Å². The summed E-state index contributed by atoms with van der Waals surface area (Å²) in [6, 6.07) is 5.59. The number of thioether (sulfide) groups is 1. The maximum atomic E-state index is 13.3. The summed E-state index contributed by atoms with van der Waals surface area (Å²) in [6.07, 6.45) is 0.581. The predicted molar refractivity (Wildman–Crippen MR) is 58.9 cm³/mol. The van der Waals surface area contributed by atoms with Gasteiger partial charge in [0.25, 0.3) is 0 Å². The van der Waals surface area contributed by atoms with Crippen molar-refractivity contribution in [2.45, 2.75) is 23.5 Å². The first-order valence-electron chi connectivity index (χ1n) is 4.67. The van der Waals surface area contributed by atoms with Crippen LogP contribution in [0.4, 0.5) is 4.39 Å². The van der Waals surface area contributed by atoms with Crippen molar-refractivity contribution in [3.8, 4) is 6.07 Å². The fourth-order valence-electron chi connectivity index (χ4n) is 1.08. The molecule has 0 amide bonds. The molecule has 1 aromatic carbocycles. The van der Waals surface area contributed by atoms with Crippen LogP contribution in [0.25, 0.3) is 0 Å². The third-order valence-electron chi connectivity index (χ3n) is 1.96. The lowest BCUT2D eigenvalue weighted by molar-refractivity contribution is 0.0696. The van der Waals surface area contributed by atoms with Crippen LogP contribution in [0.2, 0.25) is 0 Å². The molecule has 1 aromatic rings. The minimum absolute atomic E-state index is 0.0247. The van der Waals surface area contributed by atoms with Crippen LogP contribution in [-0.2, 0) is 0 Å². The summed E-state index contributed by atoms with van der Waals surface area (Å²) in [5, 5.41) is 17.1. The van der Waals surface area contributed by atoms with Gasteiger partial charge in [-0.15, -0.1) is 11.8 Å². The molecule has 84 valence electrons. The highest BCUT2D eigenvalue weighted by molar-refractivity contribution is 8.00. The molecule has 0 aromatic heterocycles. The van der Waals surface area contributed by atoms with Crippen molar-refractivity contribution >= 4 is 17.7 Å². The van der Waals surface area contributed by atoms with Gasteiger partial charge in [-0.05, 0) is 24.6 Å². The minimum Gasteiger partial charge on any atom is -0.478 e. The molecule has 0 radical (unpaired) electrons. The van der Waals surface area contributed by atoms with E-state index < -0.39 is 11.8 Å². The number of halogens is 1. The van der Waals surface area contributed by atoms with E-state index in [9.17, 15) is 9.18 Å². The molecule has 3 nitrogen and oxygen atoms in total. The van der Waals surface area contributed by atoms with Crippen molar-refractivity contribution in [3.05, 3.63) is 29.6 Å². The Labute approximate surface area is 96.9 Å². The van der Waals surface area contributed by atoms with Crippen molar-refractivity contribution < 1.29 is 14.3 Å². The van der Waals surface area contributed by atoms with Gasteiger partial charge in [0.05, 0.1) is 16.9 Å². The summed E-state index contributed by atoms with van der Waals surface area (Å²) < 4.78 is 13.3. The number of carboxylic acids is 1. The summed E-state index contributed by atoms with van der Waals surface area (Å²) in [4.78, 5) is 10.9. The third kappa shape index (κ3) is 2.97. The number of hydrogen-bond acceptors (Lipinski definition) is 3. The maximum absolute atomic E-state index is 13.3. The summed E-state index contributed by atoms with van der Waals surface area (Å²) in [6.45, 7) is 1.82. The molecule has 16 heavy (non-hydrogen) atoms. The molecular formula is C11H10FNO2S. The fourth-order valence-corrected chi connectivity index (χ4v) is 1.98. The average molecular weight is 239 g/mol. The van der Waals surface area contributed by atoms with E-state index >= 15 is 0 Å². The van der Waals surface area contributed by atoms with Crippen LogP contribution in [0.15, 0.2) is 23.1 Å². The van der Waals surface area contributed by atoms with Crippen LogP contribution in [-0.4, -0.2) is 16.3 Å². The van der Waals surface area contributed by atoms with Gasteiger partial charge in [-0.1, -0.05) is 6.92 Å². The molecule has 0 saturated heterocycles. The highest BCUT2D eigenvalue weighted by Gasteiger charge is 2.13. The average Bonchev–Trinajstić information content (AvgIpc) is 2.27. The quantitative estimate of drug-likeness (QED) is 0.820. The van der Waals surface area contributed by atoms with Gasteiger partial charge in [-0.25, -0.2) is 9.18 Å². The molecule has 1 atom stereocenters. The second kappa shape index (κ2) is 5.52. The second-order valence-electron chi connectivity index (χ2n) is 3.09. The first-order chi connectivity index (χ1) is 7.58. The zero-order valence-corrected chi connectivity index (χ0v) is 9.42. The lowest BCUT2D eigenvalue weighted by atomic mass is 10.2. The lowest BCUT2D eigenvalue weighted by Gasteiger charge is -2.07. The van der Waals surface area contributed by atoms with E-state index in [0.717, 1.165) is 17.8 Å². The highest BCUT2D eigenvalue weighted by atomic mass is 32.2. The second-order valence-corrected chi connectivity index (χ2v) is 4.34. The molecule has 0 saturated carbocycles. The number of aromatic carboxylic acids is 1. The SMILES string of the molecule is CCC(C#N)Sc1cc(C(=O)O)ccc1F. The van der Waals surface area contributed by atoms with Gasteiger partial charge >= 0.3 is 5.97 Å². The van der Waals surface area contributed by atoms with Gasteiger partial charge in [0, 0.05) is 4.90 Å². The molecule has 0 aliphatic heterocycles. The van der Waals surface area contributed by atoms with Crippen molar-refractivity contribution in [2.24, 2.45) is 0 Å². The maximum Gasteiger partial charge on any atom is 0.335 e. The number of carboxylic acid groups (broad SMARTS) is 1. The van der Waals surface area contributed by atoms with Gasteiger partial charge in [-0.3, -0.25) is 0 Å². The van der Waals surface area contributed by atoms with E-state index in [1.807, 2.05) is 13.0 Å². The number of benzene rings is 1. The number of rotatable bonds is 4. The van der Waals surface area contributed by atoms with Gasteiger partial charge < -0.3 is 5.11 Å². The Morgan fingerprint density at radius 1 is 1.69 bits per heavy atom. The van der Waals surface area contributed by atoms with E-state index in [1.165, 1.54) is 12.1 Å². The Bertz CT molecular complexity index is 442. The summed E-state index contributed by atoms with van der Waals surface area (Å²) in [7, 11) is 0. The standard InChI is InChI=1S/C11H10FNO2S/c1-2-8(6-13)16-10-5-7(11(14)15)3-4-9(10)12/h3-5,8H,2H2,1H3,(H,14,15). The lowest BCUT2D eigenvalue weighted by Crippen LogP contribution is -2.00. The number of hydrogen-bond donors (Lipinski definition) is 1. The predicted octanol–water partition coefficient (Wildman–Crippen LogP) is 2.92. The van der Waals surface area contributed by atoms with Gasteiger partial charge in [0.2, 0.25) is 0 Å². The molecule has 0 aliphatic carbocycles. The summed E-state index contributed by atoms with van der Waals surface area (Å²) in [5.41, 5.74) is 0.0247. The highest BCUT2D eigenvalue weighted by Crippen LogP contribution is 2.28. The van der Waals surface area contributed by atoms with Gasteiger partial charge in [0.1, 0.15) is 5.82 Å².